The van der Waals surface area contributed by atoms with E-state index in [2.05, 4.69) is 11.9 Å². The molecule has 0 radical (unpaired) electrons. The summed E-state index contributed by atoms with van der Waals surface area (Å²) < 4.78 is 0. The first-order chi connectivity index (χ1) is 8.15. The van der Waals surface area contributed by atoms with Crippen LogP contribution in [0.1, 0.15) is 28.8 Å². The van der Waals surface area contributed by atoms with E-state index >= 15 is 0 Å². The average Bonchev–Trinajstić information content (AvgIpc) is 2.29. The summed E-state index contributed by atoms with van der Waals surface area (Å²) in [7, 11) is 2.17. The Balaban J connectivity index is 1.96. The van der Waals surface area contributed by atoms with Gasteiger partial charge in [0.05, 0.1) is 5.56 Å². The maximum Gasteiger partial charge on any atom is 0.335 e. The molecule has 0 bridgehead atoms. The molecule has 2 rings (SSSR count). The van der Waals surface area contributed by atoms with Crippen molar-refractivity contribution < 1.29 is 9.90 Å². The molecular formula is C14H19NO2. The summed E-state index contributed by atoms with van der Waals surface area (Å²) in [6.07, 6.45) is 3.61. The lowest BCUT2D eigenvalue weighted by Gasteiger charge is -2.29. The highest BCUT2D eigenvalue weighted by atomic mass is 16.4. The van der Waals surface area contributed by atoms with Crippen LogP contribution in [0.4, 0.5) is 0 Å². The van der Waals surface area contributed by atoms with Gasteiger partial charge in [-0.2, -0.15) is 0 Å². The predicted octanol–water partition coefficient (Wildman–Crippen LogP) is 2.27. The molecule has 92 valence electrons. The fraction of sp³-hybridized carbons (Fsp3) is 0.500. The number of aromatic carboxylic acids is 1. The van der Waals surface area contributed by atoms with Crippen molar-refractivity contribution in [1.29, 1.82) is 0 Å². The maximum atomic E-state index is 10.7. The Morgan fingerprint density at radius 1 is 1.41 bits per heavy atom. The van der Waals surface area contributed by atoms with Crippen LogP contribution < -0.4 is 0 Å². The van der Waals surface area contributed by atoms with Crippen LogP contribution in [0, 0.1) is 5.92 Å². The molecule has 1 heterocycles. The normalized spacial score (nSPS) is 21.4. The summed E-state index contributed by atoms with van der Waals surface area (Å²) in [5.74, 6) is -0.140. The zero-order chi connectivity index (χ0) is 12.3. The largest absolute Gasteiger partial charge is 0.478 e. The SMILES string of the molecule is CN1CCCC(Cc2ccc(C(=O)O)cc2)C1. The van der Waals surface area contributed by atoms with Crippen LogP contribution in [0.2, 0.25) is 0 Å². The van der Waals surface area contributed by atoms with Crippen molar-refractivity contribution in [3.63, 3.8) is 0 Å². The minimum absolute atomic E-state index is 0.370. The van der Waals surface area contributed by atoms with Gasteiger partial charge in [0.1, 0.15) is 0 Å². The fourth-order valence-electron chi connectivity index (χ4n) is 2.56. The molecule has 17 heavy (non-hydrogen) atoms. The second kappa shape index (κ2) is 5.32. The molecule has 0 amide bonds. The minimum Gasteiger partial charge on any atom is -0.478 e. The summed E-state index contributed by atoms with van der Waals surface area (Å²) >= 11 is 0. The number of likely N-dealkylation sites (tertiary alicyclic amines) is 1. The summed E-state index contributed by atoms with van der Waals surface area (Å²) in [4.78, 5) is 13.1. The van der Waals surface area contributed by atoms with Gasteiger partial charge in [-0.05, 0) is 56.5 Å². The van der Waals surface area contributed by atoms with Crippen LogP contribution in [0.5, 0.6) is 0 Å². The Morgan fingerprint density at radius 3 is 2.71 bits per heavy atom. The van der Waals surface area contributed by atoms with Crippen LogP contribution in [0.25, 0.3) is 0 Å². The second-order valence-electron chi connectivity index (χ2n) is 4.98. The van der Waals surface area contributed by atoms with Gasteiger partial charge in [0.25, 0.3) is 0 Å². The Morgan fingerprint density at radius 2 is 2.12 bits per heavy atom. The van der Waals surface area contributed by atoms with Crippen molar-refractivity contribution in [1.82, 2.24) is 4.90 Å². The van der Waals surface area contributed by atoms with E-state index in [0.29, 0.717) is 11.5 Å². The average molecular weight is 233 g/mol. The topological polar surface area (TPSA) is 40.5 Å². The zero-order valence-electron chi connectivity index (χ0n) is 10.2. The van der Waals surface area contributed by atoms with Gasteiger partial charge < -0.3 is 10.0 Å². The number of piperidine rings is 1. The highest BCUT2D eigenvalue weighted by molar-refractivity contribution is 5.87. The molecule has 1 unspecified atom stereocenters. The highest BCUT2D eigenvalue weighted by Gasteiger charge is 2.17. The number of benzene rings is 1. The molecule has 1 aliphatic rings. The Labute approximate surface area is 102 Å². The lowest BCUT2D eigenvalue weighted by atomic mass is 9.91. The highest BCUT2D eigenvalue weighted by Crippen LogP contribution is 2.20. The minimum atomic E-state index is -0.853. The van der Waals surface area contributed by atoms with E-state index in [0.717, 1.165) is 13.0 Å². The summed E-state index contributed by atoms with van der Waals surface area (Å²) in [6.45, 7) is 2.36. The second-order valence-corrected chi connectivity index (χ2v) is 4.98. The summed E-state index contributed by atoms with van der Waals surface area (Å²) in [6, 6.07) is 7.28. The van der Waals surface area contributed by atoms with E-state index in [-0.39, 0.29) is 0 Å². The lowest BCUT2D eigenvalue weighted by molar-refractivity contribution is 0.0697. The number of nitrogens with zero attached hydrogens (tertiary/aromatic N) is 1. The molecule has 1 aliphatic heterocycles. The molecular weight excluding hydrogens is 214 g/mol. The maximum absolute atomic E-state index is 10.7. The van der Waals surface area contributed by atoms with E-state index in [9.17, 15) is 4.79 Å². The van der Waals surface area contributed by atoms with Crippen LogP contribution in [0.15, 0.2) is 24.3 Å². The number of carboxylic acids is 1. The molecule has 1 N–H and O–H groups in total. The van der Waals surface area contributed by atoms with E-state index < -0.39 is 5.97 Å². The zero-order valence-corrected chi connectivity index (χ0v) is 10.2. The number of hydrogen-bond donors (Lipinski definition) is 1. The molecule has 1 aromatic carbocycles. The van der Waals surface area contributed by atoms with E-state index in [1.54, 1.807) is 12.1 Å². The molecule has 0 aromatic heterocycles. The third kappa shape index (κ3) is 3.30. The van der Waals surface area contributed by atoms with Crippen molar-refractivity contribution in [2.75, 3.05) is 20.1 Å². The number of carbonyl (C=O) groups is 1. The van der Waals surface area contributed by atoms with Gasteiger partial charge in [-0.3, -0.25) is 0 Å². The molecule has 1 fully saturated rings. The number of carboxylic acid groups (broad SMARTS) is 1. The van der Waals surface area contributed by atoms with Gasteiger partial charge in [-0.15, -0.1) is 0 Å². The standard InChI is InChI=1S/C14H19NO2/c1-15-8-2-3-12(10-15)9-11-4-6-13(7-5-11)14(16)17/h4-7,12H,2-3,8-10H2,1H3,(H,16,17). The number of hydrogen-bond acceptors (Lipinski definition) is 2. The van der Waals surface area contributed by atoms with Gasteiger partial charge >= 0.3 is 5.97 Å². The molecule has 1 atom stereocenters. The van der Waals surface area contributed by atoms with Gasteiger partial charge in [0.2, 0.25) is 0 Å². The predicted molar refractivity (Wildman–Crippen MR) is 67.3 cm³/mol. The smallest absolute Gasteiger partial charge is 0.335 e. The van der Waals surface area contributed by atoms with Crippen LogP contribution in [-0.2, 0) is 6.42 Å². The van der Waals surface area contributed by atoms with Crippen molar-refractivity contribution in [2.24, 2.45) is 5.92 Å². The van der Waals surface area contributed by atoms with Gasteiger partial charge in [0.15, 0.2) is 0 Å². The van der Waals surface area contributed by atoms with Crippen LogP contribution >= 0.6 is 0 Å². The third-order valence-corrected chi connectivity index (χ3v) is 3.45. The van der Waals surface area contributed by atoms with Gasteiger partial charge in [-0.1, -0.05) is 12.1 Å². The van der Waals surface area contributed by atoms with Gasteiger partial charge in [0, 0.05) is 6.54 Å². The van der Waals surface area contributed by atoms with Crippen molar-refractivity contribution in [2.45, 2.75) is 19.3 Å². The Hall–Kier alpha value is -1.35. The van der Waals surface area contributed by atoms with Gasteiger partial charge in [-0.25, -0.2) is 4.79 Å². The van der Waals surface area contributed by atoms with E-state index in [1.165, 1.54) is 24.9 Å². The van der Waals surface area contributed by atoms with E-state index in [1.807, 2.05) is 12.1 Å². The Kier molecular flexibility index (Phi) is 3.79. The lowest BCUT2D eigenvalue weighted by Crippen LogP contribution is -2.32. The summed E-state index contributed by atoms with van der Waals surface area (Å²) in [5, 5.41) is 8.83. The van der Waals surface area contributed by atoms with Crippen LogP contribution in [0.3, 0.4) is 0 Å². The van der Waals surface area contributed by atoms with Crippen molar-refractivity contribution >= 4 is 5.97 Å². The fourth-order valence-corrected chi connectivity index (χ4v) is 2.56. The first-order valence-electron chi connectivity index (χ1n) is 6.16. The Bertz CT molecular complexity index is 386. The van der Waals surface area contributed by atoms with Crippen molar-refractivity contribution in [3.05, 3.63) is 35.4 Å². The van der Waals surface area contributed by atoms with Crippen LogP contribution in [-0.4, -0.2) is 36.1 Å². The molecule has 0 saturated carbocycles. The number of rotatable bonds is 3. The molecule has 0 aliphatic carbocycles. The molecule has 0 spiro atoms. The van der Waals surface area contributed by atoms with E-state index in [4.69, 9.17) is 5.11 Å². The third-order valence-electron chi connectivity index (χ3n) is 3.45. The molecule has 3 nitrogen and oxygen atoms in total. The van der Waals surface area contributed by atoms with Crippen molar-refractivity contribution in [3.8, 4) is 0 Å². The molecule has 1 saturated heterocycles. The first kappa shape index (κ1) is 12.1. The molecule has 1 aromatic rings. The monoisotopic (exact) mass is 233 g/mol. The summed E-state index contributed by atoms with van der Waals surface area (Å²) in [5.41, 5.74) is 1.62. The first-order valence-corrected chi connectivity index (χ1v) is 6.16. The molecule has 3 heteroatoms. The quantitative estimate of drug-likeness (QED) is 0.870.